The number of nitrogens with one attached hydrogen (secondary N) is 2. The zero-order chi connectivity index (χ0) is 21.3. The molecule has 0 radical (unpaired) electrons. The van der Waals surface area contributed by atoms with Crippen LogP contribution in [0.5, 0.6) is 5.75 Å². The van der Waals surface area contributed by atoms with Gasteiger partial charge in [0.2, 0.25) is 5.91 Å². The standard InChI is InChI=1S/C22H34N2O4S/c1-22(2,3)28-21(26)24-19(15-29-14-17-7-5-6-8-17)20(25)23-13-16-9-11-18(27-4)12-10-16/h9-12,17,19H,5-8,13-15H2,1-4H3,(H,23,25)(H,24,26)/t19-/m0/s1. The summed E-state index contributed by atoms with van der Waals surface area (Å²) in [6, 6.07) is 6.90. The van der Waals surface area contributed by atoms with E-state index in [0.717, 1.165) is 23.0 Å². The third kappa shape index (κ3) is 8.98. The van der Waals surface area contributed by atoms with Crippen LogP contribution in [0.3, 0.4) is 0 Å². The Bertz CT molecular complexity index is 652. The quantitative estimate of drug-likeness (QED) is 0.626. The number of ether oxygens (including phenoxy) is 2. The SMILES string of the molecule is COc1ccc(CNC(=O)[C@H](CSCC2CCCC2)NC(=O)OC(C)(C)C)cc1. The molecule has 1 saturated carbocycles. The number of rotatable bonds is 9. The maximum Gasteiger partial charge on any atom is 0.408 e. The second-order valence-corrected chi connectivity index (χ2v) is 9.53. The molecule has 1 fully saturated rings. The first-order chi connectivity index (χ1) is 13.8. The molecule has 7 heteroatoms. The summed E-state index contributed by atoms with van der Waals surface area (Å²) in [4.78, 5) is 24.9. The molecule has 0 bridgehead atoms. The first kappa shape index (κ1) is 23.4. The van der Waals surface area contributed by atoms with Crippen LogP contribution in [0.15, 0.2) is 24.3 Å². The fourth-order valence-electron chi connectivity index (χ4n) is 3.22. The van der Waals surface area contributed by atoms with Gasteiger partial charge in [0.1, 0.15) is 17.4 Å². The van der Waals surface area contributed by atoms with Gasteiger partial charge < -0.3 is 20.1 Å². The van der Waals surface area contributed by atoms with Crippen molar-refractivity contribution >= 4 is 23.8 Å². The topological polar surface area (TPSA) is 76.7 Å². The predicted molar refractivity (Wildman–Crippen MR) is 117 cm³/mol. The summed E-state index contributed by atoms with van der Waals surface area (Å²) in [5.41, 5.74) is 0.361. The van der Waals surface area contributed by atoms with Gasteiger partial charge in [0.25, 0.3) is 0 Å². The molecule has 1 aliphatic rings. The Labute approximate surface area is 178 Å². The maximum absolute atomic E-state index is 12.7. The molecule has 29 heavy (non-hydrogen) atoms. The zero-order valence-electron chi connectivity index (χ0n) is 18.0. The first-order valence-corrected chi connectivity index (χ1v) is 11.4. The van der Waals surface area contributed by atoms with E-state index in [9.17, 15) is 9.59 Å². The van der Waals surface area contributed by atoms with Crippen LogP contribution in [0.4, 0.5) is 4.79 Å². The van der Waals surface area contributed by atoms with Gasteiger partial charge in [-0.05, 0) is 63.0 Å². The van der Waals surface area contributed by atoms with E-state index >= 15 is 0 Å². The first-order valence-electron chi connectivity index (χ1n) is 10.2. The van der Waals surface area contributed by atoms with Crippen molar-refractivity contribution in [2.75, 3.05) is 18.6 Å². The van der Waals surface area contributed by atoms with Crippen molar-refractivity contribution in [1.82, 2.24) is 10.6 Å². The molecule has 6 nitrogen and oxygen atoms in total. The average Bonchev–Trinajstić information content (AvgIpc) is 3.17. The largest absolute Gasteiger partial charge is 0.497 e. The van der Waals surface area contributed by atoms with Crippen LogP contribution in [-0.4, -0.2) is 42.3 Å². The van der Waals surface area contributed by atoms with Crippen LogP contribution < -0.4 is 15.4 Å². The molecular weight excluding hydrogens is 388 g/mol. The molecule has 1 aromatic carbocycles. The van der Waals surface area contributed by atoms with Gasteiger partial charge >= 0.3 is 6.09 Å². The molecule has 0 heterocycles. The van der Waals surface area contributed by atoms with Crippen LogP contribution in [0.2, 0.25) is 0 Å². The van der Waals surface area contributed by atoms with Crippen molar-refractivity contribution in [3.8, 4) is 5.75 Å². The molecule has 2 N–H and O–H groups in total. The fourth-order valence-corrected chi connectivity index (χ4v) is 4.49. The minimum atomic E-state index is -0.630. The van der Waals surface area contributed by atoms with E-state index in [1.165, 1.54) is 25.7 Å². The molecule has 0 spiro atoms. The minimum Gasteiger partial charge on any atom is -0.497 e. The van der Waals surface area contributed by atoms with E-state index in [0.29, 0.717) is 12.3 Å². The number of carbonyl (C=O) groups excluding carboxylic acids is 2. The van der Waals surface area contributed by atoms with E-state index in [4.69, 9.17) is 9.47 Å². The summed E-state index contributed by atoms with van der Waals surface area (Å²) < 4.78 is 10.5. The van der Waals surface area contributed by atoms with Crippen molar-refractivity contribution < 1.29 is 19.1 Å². The van der Waals surface area contributed by atoms with Crippen molar-refractivity contribution in [1.29, 1.82) is 0 Å². The lowest BCUT2D eigenvalue weighted by molar-refractivity contribution is -0.122. The summed E-state index contributed by atoms with van der Waals surface area (Å²) in [6.45, 7) is 5.81. The van der Waals surface area contributed by atoms with Gasteiger partial charge in [0, 0.05) is 12.3 Å². The number of amides is 2. The maximum atomic E-state index is 12.7. The summed E-state index contributed by atoms with van der Waals surface area (Å²) in [5.74, 6) is 2.85. The molecule has 1 aromatic rings. The van der Waals surface area contributed by atoms with E-state index in [1.54, 1.807) is 39.6 Å². The van der Waals surface area contributed by atoms with Gasteiger partial charge in [-0.15, -0.1) is 0 Å². The zero-order valence-corrected chi connectivity index (χ0v) is 18.8. The number of benzene rings is 1. The Morgan fingerprint density at radius 2 is 1.83 bits per heavy atom. The lowest BCUT2D eigenvalue weighted by atomic mass is 10.1. The molecular formula is C22H34N2O4S. The predicted octanol–water partition coefficient (Wildman–Crippen LogP) is 4.13. The highest BCUT2D eigenvalue weighted by atomic mass is 32.2. The lowest BCUT2D eigenvalue weighted by Gasteiger charge is -2.23. The Morgan fingerprint density at radius 3 is 2.41 bits per heavy atom. The van der Waals surface area contributed by atoms with E-state index in [2.05, 4.69) is 10.6 Å². The third-order valence-corrected chi connectivity index (χ3v) is 6.02. The fraction of sp³-hybridized carbons (Fsp3) is 0.636. The highest BCUT2D eigenvalue weighted by Gasteiger charge is 2.25. The normalized spacial score (nSPS) is 15.6. The number of hydrogen-bond acceptors (Lipinski definition) is 5. The average molecular weight is 423 g/mol. The number of thioether (sulfide) groups is 1. The number of methoxy groups -OCH3 is 1. The summed E-state index contributed by atoms with van der Waals surface area (Å²) in [7, 11) is 1.62. The molecule has 0 unspecified atom stereocenters. The van der Waals surface area contributed by atoms with Crippen molar-refractivity contribution in [2.24, 2.45) is 5.92 Å². The van der Waals surface area contributed by atoms with E-state index < -0.39 is 17.7 Å². The molecule has 1 aliphatic carbocycles. The molecule has 0 aromatic heterocycles. The summed E-state index contributed by atoms with van der Waals surface area (Å²) >= 11 is 1.73. The van der Waals surface area contributed by atoms with Crippen LogP contribution >= 0.6 is 11.8 Å². The van der Waals surface area contributed by atoms with Gasteiger partial charge in [0.15, 0.2) is 0 Å². The smallest absolute Gasteiger partial charge is 0.408 e. The Morgan fingerprint density at radius 1 is 1.17 bits per heavy atom. The van der Waals surface area contributed by atoms with Gasteiger partial charge in [-0.3, -0.25) is 4.79 Å². The van der Waals surface area contributed by atoms with E-state index in [1.807, 2.05) is 24.3 Å². The summed E-state index contributed by atoms with van der Waals surface area (Å²) in [6.07, 6.45) is 4.56. The van der Waals surface area contributed by atoms with Crippen LogP contribution in [0, 0.1) is 5.92 Å². The highest BCUT2D eigenvalue weighted by Crippen LogP contribution is 2.28. The number of alkyl carbamates (subject to hydrolysis) is 1. The second-order valence-electron chi connectivity index (χ2n) is 8.45. The van der Waals surface area contributed by atoms with Crippen LogP contribution in [0.25, 0.3) is 0 Å². The Balaban J connectivity index is 1.89. The second kappa shape index (κ2) is 11.3. The van der Waals surface area contributed by atoms with Crippen LogP contribution in [0.1, 0.15) is 52.0 Å². The number of hydrogen-bond donors (Lipinski definition) is 2. The lowest BCUT2D eigenvalue weighted by Crippen LogP contribution is -2.49. The molecule has 0 saturated heterocycles. The minimum absolute atomic E-state index is 0.203. The van der Waals surface area contributed by atoms with Crippen LogP contribution in [-0.2, 0) is 16.1 Å². The Kier molecular flexibility index (Phi) is 9.14. The number of carbonyl (C=O) groups is 2. The summed E-state index contributed by atoms with van der Waals surface area (Å²) in [5, 5.41) is 5.66. The Hall–Kier alpha value is -1.89. The van der Waals surface area contributed by atoms with Gasteiger partial charge in [-0.1, -0.05) is 25.0 Å². The van der Waals surface area contributed by atoms with Crippen molar-refractivity contribution in [3.05, 3.63) is 29.8 Å². The van der Waals surface area contributed by atoms with Crippen molar-refractivity contribution in [2.45, 2.75) is 64.6 Å². The monoisotopic (exact) mass is 422 g/mol. The van der Waals surface area contributed by atoms with Gasteiger partial charge in [-0.25, -0.2) is 4.79 Å². The van der Waals surface area contributed by atoms with Crippen molar-refractivity contribution in [3.63, 3.8) is 0 Å². The van der Waals surface area contributed by atoms with Gasteiger partial charge in [0.05, 0.1) is 7.11 Å². The highest BCUT2D eigenvalue weighted by molar-refractivity contribution is 7.99. The molecule has 162 valence electrons. The molecule has 2 rings (SSSR count). The third-order valence-electron chi connectivity index (χ3n) is 4.75. The molecule has 1 atom stereocenters. The van der Waals surface area contributed by atoms with Gasteiger partial charge in [-0.2, -0.15) is 11.8 Å². The molecule has 2 amide bonds. The van der Waals surface area contributed by atoms with E-state index in [-0.39, 0.29) is 5.91 Å². The molecule has 0 aliphatic heterocycles.